The molecule has 1 aliphatic carbocycles. The largest absolute Gasteiger partial charge is 0.473 e. The van der Waals surface area contributed by atoms with Crippen molar-refractivity contribution in [2.45, 2.75) is 71.1 Å². The molecule has 2 rings (SSSR count). The fourth-order valence-corrected chi connectivity index (χ4v) is 2.21. The van der Waals surface area contributed by atoms with Crippen LogP contribution in [0.15, 0.2) is 12.1 Å². The lowest BCUT2D eigenvalue weighted by molar-refractivity contribution is 0.147. The molecule has 0 unspecified atom stereocenters. The second-order valence-corrected chi connectivity index (χ2v) is 6.34. The molecular formula is C15H25N3O. The van der Waals surface area contributed by atoms with Crippen LogP contribution in [0.5, 0.6) is 5.88 Å². The van der Waals surface area contributed by atoms with Crippen molar-refractivity contribution in [1.29, 1.82) is 0 Å². The summed E-state index contributed by atoms with van der Waals surface area (Å²) in [5.74, 6) is 0.659. The summed E-state index contributed by atoms with van der Waals surface area (Å²) < 4.78 is 5.86. The van der Waals surface area contributed by atoms with Crippen LogP contribution < -0.4 is 10.1 Å². The van der Waals surface area contributed by atoms with Gasteiger partial charge in [0.2, 0.25) is 5.88 Å². The van der Waals surface area contributed by atoms with Gasteiger partial charge in [0.25, 0.3) is 0 Å². The first-order valence-electron chi connectivity index (χ1n) is 7.27. The lowest BCUT2D eigenvalue weighted by Gasteiger charge is -2.22. The molecule has 0 bridgehead atoms. The Labute approximate surface area is 116 Å². The summed E-state index contributed by atoms with van der Waals surface area (Å²) in [4.78, 5) is 0. The van der Waals surface area contributed by atoms with Crippen molar-refractivity contribution in [3.05, 3.63) is 17.8 Å². The monoisotopic (exact) mass is 263 g/mol. The average molecular weight is 263 g/mol. The Balaban J connectivity index is 1.83. The molecule has 0 aromatic carbocycles. The van der Waals surface area contributed by atoms with Gasteiger partial charge in [-0.05, 0) is 52.5 Å². The van der Waals surface area contributed by atoms with Gasteiger partial charge in [-0.2, -0.15) is 5.10 Å². The normalized spacial score (nSPS) is 17.4. The number of hydrogen-bond acceptors (Lipinski definition) is 4. The summed E-state index contributed by atoms with van der Waals surface area (Å²) in [5.41, 5.74) is 1.05. The molecule has 0 radical (unpaired) electrons. The van der Waals surface area contributed by atoms with E-state index in [1.807, 2.05) is 12.1 Å². The summed E-state index contributed by atoms with van der Waals surface area (Å²) in [6.07, 6.45) is 6.51. The minimum Gasteiger partial charge on any atom is -0.473 e. The van der Waals surface area contributed by atoms with Crippen LogP contribution in [-0.2, 0) is 6.54 Å². The number of nitrogens with zero attached hydrogens (tertiary/aromatic N) is 2. The molecule has 1 fully saturated rings. The van der Waals surface area contributed by atoms with Crippen LogP contribution >= 0.6 is 0 Å². The van der Waals surface area contributed by atoms with Gasteiger partial charge in [0, 0.05) is 18.2 Å². The summed E-state index contributed by atoms with van der Waals surface area (Å²) in [6.45, 7) is 7.16. The average Bonchev–Trinajstić information content (AvgIpc) is 2.38. The Morgan fingerprint density at radius 1 is 1.16 bits per heavy atom. The van der Waals surface area contributed by atoms with Crippen molar-refractivity contribution in [2.75, 3.05) is 0 Å². The molecule has 4 heteroatoms. The zero-order valence-electron chi connectivity index (χ0n) is 12.3. The van der Waals surface area contributed by atoms with Gasteiger partial charge >= 0.3 is 0 Å². The zero-order valence-corrected chi connectivity index (χ0v) is 12.3. The molecular weight excluding hydrogens is 238 g/mol. The maximum atomic E-state index is 5.86. The van der Waals surface area contributed by atoms with E-state index in [4.69, 9.17) is 4.74 Å². The van der Waals surface area contributed by atoms with Gasteiger partial charge in [-0.1, -0.05) is 6.42 Å². The van der Waals surface area contributed by atoms with Crippen molar-refractivity contribution in [2.24, 2.45) is 0 Å². The van der Waals surface area contributed by atoms with E-state index in [9.17, 15) is 0 Å². The predicted molar refractivity (Wildman–Crippen MR) is 76.1 cm³/mol. The number of aromatic nitrogens is 2. The van der Waals surface area contributed by atoms with E-state index in [1.165, 1.54) is 19.3 Å². The third-order valence-electron chi connectivity index (χ3n) is 3.33. The summed E-state index contributed by atoms with van der Waals surface area (Å²) in [7, 11) is 0. The lowest BCUT2D eigenvalue weighted by atomic mass is 9.98. The van der Waals surface area contributed by atoms with Crippen molar-refractivity contribution < 1.29 is 4.74 Å². The molecule has 0 amide bonds. The zero-order chi connectivity index (χ0) is 13.7. The van der Waals surface area contributed by atoms with E-state index in [-0.39, 0.29) is 5.54 Å². The van der Waals surface area contributed by atoms with Crippen molar-refractivity contribution >= 4 is 0 Å². The molecule has 1 saturated carbocycles. The van der Waals surface area contributed by atoms with E-state index in [0.29, 0.717) is 12.0 Å². The van der Waals surface area contributed by atoms with Crippen LogP contribution in [-0.4, -0.2) is 21.8 Å². The van der Waals surface area contributed by atoms with Gasteiger partial charge in [-0.3, -0.25) is 0 Å². The molecule has 1 N–H and O–H groups in total. The summed E-state index contributed by atoms with van der Waals surface area (Å²) in [5, 5.41) is 11.8. The Morgan fingerprint density at radius 2 is 1.89 bits per heavy atom. The highest BCUT2D eigenvalue weighted by Crippen LogP contribution is 2.21. The highest BCUT2D eigenvalue weighted by molar-refractivity contribution is 5.12. The van der Waals surface area contributed by atoms with Gasteiger partial charge in [0.1, 0.15) is 6.10 Å². The number of nitrogens with one attached hydrogen (secondary N) is 1. The quantitative estimate of drug-likeness (QED) is 0.907. The first-order chi connectivity index (χ1) is 9.03. The maximum Gasteiger partial charge on any atom is 0.233 e. The molecule has 106 valence electrons. The Kier molecular flexibility index (Phi) is 4.75. The maximum absolute atomic E-state index is 5.86. The number of rotatable bonds is 4. The van der Waals surface area contributed by atoms with Crippen LogP contribution in [0.1, 0.15) is 58.6 Å². The summed E-state index contributed by atoms with van der Waals surface area (Å²) >= 11 is 0. The topological polar surface area (TPSA) is 47.0 Å². The standard InChI is InChI=1S/C15H25N3O/c1-15(2,3)16-11-12-9-10-14(18-17-12)19-13-7-5-4-6-8-13/h9-10,13,16H,4-8,11H2,1-3H3. The van der Waals surface area contributed by atoms with Gasteiger partial charge in [-0.15, -0.1) is 5.10 Å². The molecule has 1 aromatic rings. The predicted octanol–water partition coefficient (Wildman–Crippen LogP) is 3.08. The molecule has 19 heavy (non-hydrogen) atoms. The van der Waals surface area contributed by atoms with Gasteiger partial charge in [-0.25, -0.2) is 0 Å². The molecule has 1 heterocycles. The number of ether oxygens (including phenoxy) is 1. The van der Waals surface area contributed by atoms with E-state index < -0.39 is 0 Å². The van der Waals surface area contributed by atoms with E-state index >= 15 is 0 Å². The minimum absolute atomic E-state index is 0.0962. The van der Waals surface area contributed by atoms with Gasteiger partial charge < -0.3 is 10.1 Å². The number of hydrogen-bond donors (Lipinski definition) is 1. The Bertz CT molecular complexity index is 377. The van der Waals surface area contributed by atoms with Crippen molar-refractivity contribution in [3.63, 3.8) is 0 Å². The molecule has 1 aromatic heterocycles. The molecule has 1 aliphatic rings. The fraction of sp³-hybridized carbons (Fsp3) is 0.733. The van der Waals surface area contributed by atoms with Crippen LogP contribution in [0.4, 0.5) is 0 Å². The van der Waals surface area contributed by atoms with Crippen molar-refractivity contribution in [1.82, 2.24) is 15.5 Å². The van der Waals surface area contributed by atoms with Crippen LogP contribution in [0.25, 0.3) is 0 Å². The van der Waals surface area contributed by atoms with Crippen molar-refractivity contribution in [3.8, 4) is 5.88 Å². The lowest BCUT2D eigenvalue weighted by Crippen LogP contribution is -2.35. The van der Waals surface area contributed by atoms with Gasteiger partial charge in [0.05, 0.1) is 5.69 Å². The molecule has 4 nitrogen and oxygen atoms in total. The third kappa shape index (κ3) is 5.15. The molecule has 0 saturated heterocycles. The molecule has 0 aliphatic heterocycles. The van der Waals surface area contributed by atoms with Crippen LogP contribution in [0.3, 0.4) is 0 Å². The van der Waals surface area contributed by atoms with Crippen LogP contribution in [0.2, 0.25) is 0 Å². The van der Waals surface area contributed by atoms with Gasteiger partial charge in [0.15, 0.2) is 0 Å². The van der Waals surface area contributed by atoms with Crippen LogP contribution in [0, 0.1) is 0 Å². The second kappa shape index (κ2) is 6.33. The molecule has 0 spiro atoms. The third-order valence-corrected chi connectivity index (χ3v) is 3.33. The fourth-order valence-electron chi connectivity index (χ4n) is 2.21. The first kappa shape index (κ1) is 14.3. The van der Waals surface area contributed by atoms with E-state index in [0.717, 1.165) is 25.1 Å². The summed E-state index contributed by atoms with van der Waals surface area (Å²) in [6, 6.07) is 3.92. The van der Waals surface area contributed by atoms with E-state index in [1.54, 1.807) is 0 Å². The first-order valence-corrected chi connectivity index (χ1v) is 7.27. The SMILES string of the molecule is CC(C)(C)NCc1ccc(OC2CCCCC2)nn1. The molecule has 0 atom stereocenters. The Morgan fingerprint density at radius 3 is 2.47 bits per heavy atom. The van der Waals surface area contributed by atoms with E-state index in [2.05, 4.69) is 36.3 Å². The smallest absolute Gasteiger partial charge is 0.233 e. The highest BCUT2D eigenvalue weighted by atomic mass is 16.5. The highest BCUT2D eigenvalue weighted by Gasteiger charge is 2.15. The second-order valence-electron chi connectivity index (χ2n) is 6.34. The Hall–Kier alpha value is -1.16. The minimum atomic E-state index is 0.0962.